The first-order chi connectivity index (χ1) is 11.7. The van der Waals surface area contributed by atoms with Crippen LogP contribution in [0.4, 0.5) is 0 Å². The van der Waals surface area contributed by atoms with Crippen molar-refractivity contribution < 1.29 is 9.53 Å². The zero-order chi connectivity index (χ0) is 16.9. The van der Waals surface area contributed by atoms with Gasteiger partial charge in [-0.15, -0.1) is 5.10 Å². The summed E-state index contributed by atoms with van der Waals surface area (Å²) in [5.41, 5.74) is 2.51. The van der Waals surface area contributed by atoms with Gasteiger partial charge >= 0.3 is 0 Å². The molecule has 1 amide bonds. The van der Waals surface area contributed by atoms with Crippen molar-refractivity contribution in [1.29, 1.82) is 0 Å². The predicted molar refractivity (Wildman–Crippen MR) is 91.7 cm³/mol. The number of halogens is 1. The van der Waals surface area contributed by atoms with E-state index >= 15 is 0 Å². The Morgan fingerprint density at radius 3 is 2.75 bits per heavy atom. The van der Waals surface area contributed by atoms with Crippen LogP contribution in [-0.2, 0) is 16.1 Å². The Labute approximate surface area is 144 Å². The van der Waals surface area contributed by atoms with Gasteiger partial charge < -0.3 is 10.1 Å². The maximum atomic E-state index is 12.4. The molecule has 0 aliphatic carbocycles. The molecule has 24 heavy (non-hydrogen) atoms. The minimum atomic E-state index is -0.255. The number of nitrogens with zero attached hydrogens (tertiary/aromatic N) is 3. The number of rotatable bonds is 6. The third kappa shape index (κ3) is 3.72. The van der Waals surface area contributed by atoms with Crippen LogP contribution in [0.3, 0.4) is 0 Å². The number of methoxy groups -OCH3 is 1. The van der Waals surface area contributed by atoms with E-state index in [1.165, 1.54) is 0 Å². The fourth-order valence-electron chi connectivity index (χ4n) is 2.49. The van der Waals surface area contributed by atoms with Gasteiger partial charge in [0.2, 0.25) is 5.91 Å². The van der Waals surface area contributed by atoms with E-state index < -0.39 is 0 Å². The summed E-state index contributed by atoms with van der Waals surface area (Å²) in [4.78, 5) is 12.4. The SMILES string of the molecule is COCC(NC(=O)Cn1nnc2ccccc21)c1ccc(Cl)cc1. The van der Waals surface area contributed by atoms with Gasteiger partial charge in [0.25, 0.3) is 0 Å². The Balaban J connectivity index is 1.72. The van der Waals surface area contributed by atoms with Gasteiger partial charge in [-0.3, -0.25) is 4.79 Å². The fraction of sp³-hybridized carbons (Fsp3) is 0.235. The van der Waals surface area contributed by atoms with E-state index in [9.17, 15) is 4.79 Å². The molecule has 0 bridgehead atoms. The van der Waals surface area contributed by atoms with E-state index in [0.29, 0.717) is 11.6 Å². The molecule has 0 radical (unpaired) electrons. The van der Waals surface area contributed by atoms with Crippen molar-refractivity contribution in [2.24, 2.45) is 0 Å². The molecule has 0 saturated heterocycles. The molecule has 2 aromatic carbocycles. The molecule has 1 heterocycles. The van der Waals surface area contributed by atoms with E-state index in [2.05, 4.69) is 15.6 Å². The van der Waals surface area contributed by atoms with Gasteiger partial charge in [0.1, 0.15) is 12.1 Å². The van der Waals surface area contributed by atoms with Crippen molar-refractivity contribution in [3.63, 3.8) is 0 Å². The van der Waals surface area contributed by atoms with E-state index in [0.717, 1.165) is 16.6 Å². The highest BCUT2D eigenvalue weighted by molar-refractivity contribution is 6.30. The highest BCUT2D eigenvalue weighted by atomic mass is 35.5. The number of hydrogen-bond acceptors (Lipinski definition) is 4. The molecule has 0 aliphatic heterocycles. The molecule has 7 heteroatoms. The molecule has 0 saturated carbocycles. The molecule has 0 fully saturated rings. The molecule has 1 unspecified atom stereocenters. The number of benzene rings is 2. The second kappa shape index (κ2) is 7.42. The third-order valence-corrected chi connectivity index (χ3v) is 3.91. The van der Waals surface area contributed by atoms with Crippen LogP contribution in [0.5, 0.6) is 0 Å². The maximum Gasteiger partial charge on any atom is 0.242 e. The van der Waals surface area contributed by atoms with E-state index in [1.54, 1.807) is 23.9 Å². The number of carbonyl (C=O) groups is 1. The summed E-state index contributed by atoms with van der Waals surface area (Å²) in [6, 6.07) is 14.6. The van der Waals surface area contributed by atoms with Gasteiger partial charge in [-0.05, 0) is 29.8 Å². The lowest BCUT2D eigenvalue weighted by Crippen LogP contribution is -2.34. The van der Waals surface area contributed by atoms with Crippen molar-refractivity contribution in [3.8, 4) is 0 Å². The van der Waals surface area contributed by atoms with Crippen LogP contribution in [0.1, 0.15) is 11.6 Å². The molecule has 1 aromatic heterocycles. The largest absolute Gasteiger partial charge is 0.382 e. The Morgan fingerprint density at radius 1 is 1.25 bits per heavy atom. The average molecular weight is 345 g/mol. The summed E-state index contributed by atoms with van der Waals surface area (Å²) in [5, 5.41) is 11.7. The molecular formula is C17H17ClN4O2. The minimum absolute atomic E-state index is 0.0916. The van der Waals surface area contributed by atoms with Crippen LogP contribution in [0, 0.1) is 0 Å². The number of aromatic nitrogens is 3. The lowest BCUT2D eigenvalue weighted by molar-refractivity contribution is -0.123. The van der Waals surface area contributed by atoms with E-state index in [1.807, 2.05) is 36.4 Å². The summed E-state index contributed by atoms with van der Waals surface area (Å²) in [5.74, 6) is -0.164. The van der Waals surface area contributed by atoms with Gasteiger partial charge in [0, 0.05) is 12.1 Å². The van der Waals surface area contributed by atoms with Crippen LogP contribution >= 0.6 is 11.6 Å². The lowest BCUT2D eigenvalue weighted by atomic mass is 10.1. The van der Waals surface area contributed by atoms with Crippen molar-refractivity contribution in [3.05, 3.63) is 59.1 Å². The Bertz CT molecular complexity index is 832. The fourth-order valence-corrected chi connectivity index (χ4v) is 2.62. The first-order valence-electron chi connectivity index (χ1n) is 7.49. The quantitative estimate of drug-likeness (QED) is 0.746. The van der Waals surface area contributed by atoms with Gasteiger partial charge in [0.15, 0.2) is 0 Å². The van der Waals surface area contributed by atoms with Crippen molar-refractivity contribution in [2.45, 2.75) is 12.6 Å². The monoisotopic (exact) mass is 344 g/mol. The second-order valence-corrected chi connectivity index (χ2v) is 5.80. The minimum Gasteiger partial charge on any atom is -0.382 e. The summed E-state index contributed by atoms with van der Waals surface area (Å²) >= 11 is 5.91. The Hall–Kier alpha value is -2.44. The topological polar surface area (TPSA) is 69.0 Å². The number of hydrogen-bond donors (Lipinski definition) is 1. The number of carbonyl (C=O) groups excluding carboxylic acids is 1. The van der Waals surface area contributed by atoms with Crippen molar-refractivity contribution in [1.82, 2.24) is 20.3 Å². The first-order valence-corrected chi connectivity index (χ1v) is 7.87. The van der Waals surface area contributed by atoms with Crippen LogP contribution in [0.15, 0.2) is 48.5 Å². The van der Waals surface area contributed by atoms with E-state index in [4.69, 9.17) is 16.3 Å². The average Bonchev–Trinajstić information content (AvgIpc) is 2.98. The van der Waals surface area contributed by atoms with Gasteiger partial charge in [0.05, 0.1) is 18.2 Å². The predicted octanol–water partition coefficient (Wildman–Crippen LogP) is 2.59. The third-order valence-electron chi connectivity index (χ3n) is 3.65. The molecule has 6 nitrogen and oxygen atoms in total. The molecule has 1 atom stereocenters. The number of ether oxygens (including phenoxy) is 1. The van der Waals surface area contributed by atoms with Gasteiger partial charge in [-0.1, -0.05) is 41.1 Å². The Morgan fingerprint density at radius 2 is 2.00 bits per heavy atom. The van der Waals surface area contributed by atoms with Gasteiger partial charge in [-0.2, -0.15) is 0 Å². The summed E-state index contributed by atoms with van der Waals surface area (Å²) in [7, 11) is 1.60. The zero-order valence-electron chi connectivity index (χ0n) is 13.1. The normalized spacial score (nSPS) is 12.2. The van der Waals surface area contributed by atoms with E-state index in [-0.39, 0.29) is 18.5 Å². The Kier molecular flexibility index (Phi) is 5.08. The highest BCUT2D eigenvalue weighted by Gasteiger charge is 2.16. The molecule has 124 valence electrons. The van der Waals surface area contributed by atoms with Crippen LogP contribution < -0.4 is 5.32 Å². The maximum absolute atomic E-state index is 12.4. The van der Waals surface area contributed by atoms with Crippen molar-refractivity contribution >= 4 is 28.5 Å². The smallest absolute Gasteiger partial charge is 0.242 e. The number of amides is 1. The molecule has 0 aliphatic rings. The van der Waals surface area contributed by atoms with Crippen LogP contribution in [0.25, 0.3) is 11.0 Å². The summed E-state index contributed by atoms with van der Waals surface area (Å²) in [6.45, 7) is 0.458. The molecule has 1 N–H and O–H groups in total. The molecule has 3 rings (SSSR count). The molecule has 0 spiro atoms. The lowest BCUT2D eigenvalue weighted by Gasteiger charge is -2.18. The van der Waals surface area contributed by atoms with Gasteiger partial charge in [-0.25, -0.2) is 4.68 Å². The summed E-state index contributed by atoms with van der Waals surface area (Å²) in [6.07, 6.45) is 0. The van der Waals surface area contributed by atoms with Crippen LogP contribution in [0.2, 0.25) is 5.02 Å². The molecule has 3 aromatic rings. The van der Waals surface area contributed by atoms with Crippen molar-refractivity contribution in [2.75, 3.05) is 13.7 Å². The second-order valence-electron chi connectivity index (χ2n) is 5.36. The highest BCUT2D eigenvalue weighted by Crippen LogP contribution is 2.17. The number of nitrogens with one attached hydrogen (secondary N) is 1. The zero-order valence-corrected chi connectivity index (χ0v) is 13.9. The first kappa shape index (κ1) is 16.4. The summed E-state index contributed by atoms with van der Waals surface area (Å²) < 4.78 is 6.79. The number of para-hydroxylation sites is 1. The number of fused-ring (bicyclic) bond motifs is 1. The molecular weight excluding hydrogens is 328 g/mol. The van der Waals surface area contributed by atoms with Crippen LogP contribution in [-0.4, -0.2) is 34.6 Å². The standard InChI is InChI=1S/C17H17ClN4O2/c1-24-11-15(12-6-8-13(18)9-7-12)19-17(23)10-22-16-5-3-2-4-14(16)20-21-22/h2-9,15H,10-11H2,1H3,(H,19,23).